The molecule has 0 spiro atoms. The van der Waals surface area contributed by atoms with Gasteiger partial charge in [-0.2, -0.15) is 13.2 Å². The van der Waals surface area contributed by atoms with E-state index in [1.165, 1.54) is 12.1 Å². The van der Waals surface area contributed by atoms with Crippen LogP contribution in [0.15, 0.2) is 49.1 Å². The highest BCUT2D eigenvalue weighted by Crippen LogP contribution is 2.31. The fraction of sp³-hybridized carbons (Fsp3) is 0.211. The van der Waals surface area contributed by atoms with Crippen molar-refractivity contribution in [2.24, 2.45) is 0 Å². The summed E-state index contributed by atoms with van der Waals surface area (Å²) < 4.78 is 41.0. The fourth-order valence-electron chi connectivity index (χ4n) is 2.76. The number of nitrogens with one attached hydrogen (secondary N) is 1. The molecule has 0 bridgehead atoms. The molecule has 0 saturated heterocycles. The minimum atomic E-state index is -4.36. The van der Waals surface area contributed by atoms with Crippen molar-refractivity contribution < 1.29 is 18.0 Å². The van der Waals surface area contributed by atoms with Gasteiger partial charge in [-0.15, -0.1) is 17.9 Å². The number of nitrogens with zero attached hydrogens (tertiary/aromatic N) is 1. The maximum Gasteiger partial charge on any atom is 0.416 e. The average Bonchev–Trinajstić information content (AvgIpc) is 3.09. The number of hydrogen-bond donors (Lipinski definition) is 1. The first-order valence-corrected chi connectivity index (χ1v) is 8.76. The quantitative estimate of drug-likeness (QED) is 0.623. The number of thiophene rings is 1. The van der Waals surface area contributed by atoms with E-state index in [-0.39, 0.29) is 5.91 Å². The van der Waals surface area contributed by atoms with Crippen LogP contribution < -0.4 is 5.32 Å². The zero-order valence-electron chi connectivity index (χ0n) is 14.1. The lowest BCUT2D eigenvalue weighted by Gasteiger charge is -2.12. The standard InChI is InChI=1S/C19H17F3N2OS/c1-3-8-23-18(25)16-10-17-15(9-12(2)26-17)24(16)11-13-4-6-14(7-5-13)19(20,21)22/h3-7,9-10H,1,8,11H2,2H3,(H,23,25). The van der Waals surface area contributed by atoms with E-state index in [0.29, 0.717) is 24.3 Å². The molecule has 0 atom stereocenters. The molecule has 7 heteroatoms. The number of halogens is 3. The van der Waals surface area contributed by atoms with Crippen molar-refractivity contribution in [1.29, 1.82) is 0 Å². The molecule has 1 aromatic carbocycles. The summed E-state index contributed by atoms with van der Waals surface area (Å²) >= 11 is 1.58. The molecule has 0 unspecified atom stereocenters. The second-order valence-electron chi connectivity index (χ2n) is 5.92. The van der Waals surface area contributed by atoms with Gasteiger partial charge in [0.05, 0.1) is 15.8 Å². The third-order valence-electron chi connectivity index (χ3n) is 3.97. The highest BCUT2D eigenvalue weighted by Gasteiger charge is 2.30. The second-order valence-corrected chi connectivity index (χ2v) is 7.20. The number of hydrogen-bond acceptors (Lipinski definition) is 2. The van der Waals surface area contributed by atoms with Crippen molar-refractivity contribution in [3.63, 3.8) is 0 Å². The van der Waals surface area contributed by atoms with Crippen LogP contribution >= 0.6 is 11.3 Å². The molecule has 0 radical (unpaired) electrons. The van der Waals surface area contributed by atoms with E-state index in [1.807, 2.05) is 23.6 Å². The van der Waals surface area contributed by atoms with Gasteiger partial charge >= 0.3 is 6.18 Å². The number of amides is 1. The van der Waals surface area contributed by atoms with Gasteiger partial charge in [-0.1, -0.05) is 18.2 Å². The topological polar surface area (TPSA) is 34.0 Å². The minimum absolute atomic E-state index is 0.238. The molecule has 2 aromatic heterocycles. The summed E-state index contributed by atoms with van der Waals surface area (Å²) in [4.78, 5) is 13.5. The lowest BCUT2D eigenvalue weighted by atomic mass is 10.1. The molecule has 1 N–H and O–H groups in total. The van der Waals surface area contributed by atoms with Gasteiger partial charge < -0.3 is 9.88 Å². The number of alkyl halides is 3. The molecular weight excluding hydrogens is 361 g/mol. The minimum Gasteiger partial charge on any atom is -0.347 e. The zero-order chi connectivity index (χ0) is 18.9. The Morgan fingerprint density at radius 2 is 1.96 bits per heavy atom. The average molecular weight is 378 g/mol. The molecule has 2 heterocycles. The summed E-state index contributed by atoms with van der Waals surface area (Å²) in [5.41, 5.74) is 1.38. The summed E-state index contributed by atoms with van der Waals surface area (Å²) in [7, 11) is 0. The van der Waals surface area contributed by atoms with Gasteiger partial charge in [0.2, 0.25) is 0 Å². The number of aromatic nitrogens is 1. The molecule has 3 rings (SSSR count). The highest BCUT2D eigenvalue weighted by molar-refractivity contribution is 7.19. The predicted octanol–water partition coefficient (Wildman–Crippen LogP) is 4.99. The number of benzene rings is 1. The van der Waals surface area contributed by atoms with Gasteiger partial charge in [-0.3, -0.25) is 4.79 Å². The summed E-state index contributed by atoms with van der Waals surface area (Å²) in [6.45, 7) is 6.21. The number of carbonyl (C=O) groups is 1. The Kier molecular flexibility index (Phi) is 4.91. The molecule has 0 fully saturated rings. The third kappa shape index (κ3) is 3.67. The van der Waals surface area contributed by atoms with Crippen molar-refractivity contribution in [1.82, 2.24) is 9.88 Å². The van der Waals surface area contributed by atoms with Gasteiger partial charge in [-0.25, -0.2) is 0 Å². The van der Waals surface area contributed by atoms with Crippen LogP contribution in [-0.4, -0.2) is 17.0 Å². The van der Waals surface area contributed by atoms with Crippen LogP contribution in [0, 0.1) is 6.92 Å². The SMILES string of the molecule is C=CCNC(=O)c1cc2sc(C)cc2n1Cc1ccc(C(F)(F)F)cc1. The Labute approximate surface area is 152 Å². The van der Waals surface area contributed by atoms with Gasteiger partial charge in [-0.05, 0) is 36.8 Å². The van der Waals surface area contributed by atoms with Crippen LogP contribution in [0.2, 0.25) is 0 Å². The van der Waals surface area contributed by atoms with Gasteiger partial charge in [0, 0.05) is 18.0 Å². The van der Waals surface area contributed by atoms with Crippen molar-refractivity contribution in [3.05, 3.63) is 70.8 Å². The Balaban J connectivity index is 1.97. The van der Waals surface area contributed by atoms with Crippen LogP contribution in [0.25, 0.3) is 10.2 Å². The van der Waals surface area contributed by atoms with Crippen LogP contribution in [0.1, 0.15) is 26.5 Å². The number of rotatable bonds is 5. The van der Waals surface area contributed by atoms with Crippen molar-refractivity contribution in [3.8, 4) is 0 Å². The Bertz CT molecular complexity index is 952. The molecule has 136 valence electrons. The van der Waals surface area contributed by atoms with Crippen LogP contribution in [0.4, 0.5) is 13.2 Å². The molecular formula is C19H17F3N2OS. The Morgan fingerprint density at radius 1 is 1.27 bits per heavy atom. The second kappa shape index (κ2) is 6.99. The van der Waals surface area contributed by atoms with Crippen LogP contribution in [-0.2, 0) is 12.7 Å². The maximum absolute atomic E-state index is 12.7. The first kappa shape index (κ1) is 18.3. The van der Waals surface area contributed by atoms with E-state index < -0.39 is 11.7 Å². The maximum atomic E-state index is 12.7. The van der Waals surface area contributed by atoms with Gasteiger partial charge in [0.1, 0.15) is 5.69 Å². The smallest absolute Gasteiger partial charge is 0.347 e. The summed E-state index contributed by atoms with van der Waals surface area (Å²) in [5.74, 6) is -0.238. The van der Waals surface area contributed by atoms with Crippen molar-refractivity contribution in [2.45, 2.75) is 19.6 Å². The van der Waals surface area contributed by atoms with E-state index >= 15 is 0 Å². The lowest BCUT2D eigenvalue weighted by Crippen LogP contribution is -2.26. The molecule has 26 heavy (non-hydrogen) atoms. The first-order chi connectivity index (χ1) is 12.3. The Morgan fingerprint density at radius 3 is 2.58 bits per heavy atom. The Hall–Kier alpha value is -2.54. The molecule has 3 aromatic rings. The van der Waals surface area contributed by atoms with Crippen molar-refractivity contribution in [2.75, 3.05) is 6.54 Å². The lowest BCUT2D eigenvalue weighted by molar-refractivity contribution is -0.137. The molecule has 1 amide bonds. The zero-order valence-corrected chi connectivity index (χ0v) is 14.9. The molecule has 0 aliphatic heterocycles. The summed E-state index contributed by atoms with van der Waals surface area (Å²) in [6.07, 6.45) is -2.77. The predicted molar refractivity (Wildman–Crippen MR) is 97.6 cm³/mol. The van der Waals surface area contributed by atoms with E-state index in [4.69, 9.17) is 0 Å². The van der Waals surface area contributed by atoms with E-state index in [0.717, 1.165) is 27.2 Å². The van der Waals surface area contributed by atoms with Crippen LogP contribution in [0.5, 0.6) is 0 Å². The number of aryl methyl sites for hydroxylation is 1. The highest BCUT2D eigenvalue weighted by atomic mass is 32.1. The molecule has 0 saturated carbocycles. The van der Waals surface area contributed by atoms with E-state index in [9.17, 15) is 18.0 Å². The number of fused-ring (bicyclic) bond motifs is 1. The fourth-order valence-corrected chi connectivity index (χ4v) is 3.72. The molecule has 0 aliphatic carbocycles. The van der Waals surface area contributed by atoms with Gasteiger partial charge in [0.25, 0.3) is 5.91 Å². The van der Waals surface area contributed by atoms with Gasteiger partial charge in [0.15, 0.2) is 0 Å². The third-order valence-corrected chi connectivity index (χ3v) is 4.96. The van der Waals surface area contributed by atoms with E-state index in [2.05, 4.69) is 11.9 Å². The van der Waals surface area contributed by atoms with Crippen LogP contribution in [0.3, 0.4) is 0 Å². The number of carbonyl (C=O) groups excluding carboxylic acids is 1. The summed E-state index contributed by atoms with van der Waals surface area (Å²) in [5, 5.41) is 2.75. The largest absolute Gasteiger partial charge is 0.416 e. The van der Waals surface area contributed by atoms with Crippen molar-refractivity contribution >= 4 is 27.5 Å². The summed E-state index contributed by atoms with van der Waals surface area (Å²) in [6, 6.07) is 8.81. The van der Waals surface area contributed by atoms with E-state index in [1.54, 1.807) is 17.4 Å². The molecule has 0 aliphatic rings. The first-order valence-electron chi connectivity index (χ1n) is 7.94. The monoisotopic (exact) mass is 378 g/mol. The molecule has 3 nitrogen and oxygen atoms in total. The normalized spacial score (nSPS) is 11.7.